The van der Waals surface area contributed by atoms with E-state index >= 15 is 0 Å². The summed E-state index contributed by atoms with van der Waals surface area (Å²) in [5, 5.41) is 3.60. The van der Waals surface area contributed by atoms with E-state index in [0.29, 0.717) is 36.0 Å². The van der Waals surface area contributed by atoms with Crippen LogP contribution in [0.15, 0.2) is 24.3 Å². The first-order valence-electron chi connectivity index (χ1n) is 7.91. The molecule has 1 heterocycles. The maximum absolute atomic E-state index is 12.5. The summed E-state index contributed by atoms with van der Waals surface area (Å²) in [6, 6.07) is 7.00. The van der Waals surface area contributed by atoms with Gasteiger partial charge in [-0.05, 0) is 49.4 Å². The fraction of sp³-hybridized carbons (Fsp3) is 0.529. The second-order valence-corrected chi connectivity index (χ2v) is 6.26. The summed E-state index contributed by atoms with van der Waals surface area (Å²) in [5.74, 6) is 0.482. The molecule has 120 valence electrons. The van der Waals surface area contributed by atoms with Crippen LogP contribution >= 0.6 is 11.6 Å². The van der Waals surface area contributed by atoms with E-state index in [-0.39, 0.29) is 11.8 Å². The van der Waals surface area contributed by atoms with Crippen molar-refractivity contribution in [3.05, 3.63) is 34.9 Å². The zero-order chi connectivity index (χ0) is 15.9. The molecule has 1 fully saturated rings. The minimum absolute atomic E-state index is 0.0428. The molecule has 1 aromatic carbocycles. The molecule has 0 aromatic heterocycles. The van der Waals surface area contributed by atoms with Gasteiger partial charge in [0.1, 0.15) is 0 Å². The first kappa shape index (κ1) is 16.8. The smallest absolute Gasteiger partial charge is 0.253 e. The quantitative estimate of drug-likeness (QED) is 0.905. The molecule has 1 N–H and O–H groups in total. The standard InChI is InChI=1S/C17H23ClN2O2/c1-2-4-16(21)19-11-13-5-3-10-20(12-13)17(22)14-6-8-15(18)9-7-14/h6-9,13H,2-5,10-12H2,1H3,(H,19,21). The molecule has 1 unspecified atom stereocenters. The van der Waals surface area contributed by atoms with Crippen molar-refractivity contribution < 1.29 is 9.59 Å². The number of nitrogens with one attached hydrogen (secondary N) is 1. The second kappa shape index (κ2) is 8.18. The highest BCUT2D eigenvalue weighted by Gasteiger charge is 2.24. The number of hydrogen-bond acceptors (Lipinski definition) is 2. The van der Waals surface area contributed by atoms with E-state index in [9.17, 15) is 9.59 Å². The summed E-state index contributed by atoms with van der Waals surface area (Å²) in [6.07, 6.45) is 3.46. The number of likely N-dealkylation sites (tertiary alicyclic amines) is 1. The fourth-order valence-electron chi connectivity index (χ4n) is 2.76. The van der Waals surface area contributed by atoms with Crippen LogP contribution in [-0.4, -0.2) is 36.3 Å². The number of amides is 2. The van der Waals surface area contributed by atoms with Crippen LogP contribution in [0.25, 0.3) is 0 Å². The van der Waals surface area contributed by atoms with Crippen molar-refractivity contribution in [2.45, 2.75) is 32.6 Å². The molecule has 1 atom stereocenters. The summed E-state index contributed by atoms with van der Waals surface area (Å²) in [6.45, 7) is 4.13. The Kier molecular flexibility index (Phi) is 6.25. The van der Waals surface area contributed by atoms with Gasteiger partial charge in [-0.25, -0.2) is 0 Å². The summed E-state index contributed by atoms with van der Waals surface area (Å²) in [7, 11) is 0. The summed E-state index contributed by atoms with van der Waals surface area (Å²) in [4.78, 5) is 25.9. The molecule has 1 aliphatic heterocycles. The molecule has 0 saturated carbocycles. The van der Waals surface area contributed by atoms with Crippen molar-refractivity contribution in [1.29, 1.82) is 0 Å². The van der Waals surface area contributed by atoms with Crippen LogP contribution < -0.4 is 5.32 Å². The van der Waals surface area contributed by atoms with Crippen molar-refractivity contribution in [3.63, 3.8) is 0 Å². The molecular formula is C17H23ClN2O2. The van der Waals surface area contributed by atoms with Crippen LogP contribution in [0.4, 0.5) is 0 Å². The van der Waals surface area contributed by atoms with Gasteiger partial charge in [-0.3, -0.25) is 9.59 Å². The summed E-state index contributed by atoms with van der Waals surface area (Å²) < 4.78 is 0. The minimum atomic E-state index is 0.0428. The Labute approximate surface area is 136 Å². The van der Waals surface area contributed by atoms with Gasteiger partial charge in [0.15, 0.2) is 0 Å². The third-order valence-electron chi connectivity index (χ3n) is 3.96. The second-order valence-electron chi connectivity index (χ2n) is 5.82. The predicted molar refractivity (Wildman–Crippen MR) is 88.0 cm³/mol. The van der Waals surface area contributed by atoms with Crippen molar-refractivity contribution in [3.8, 4) is 0 Å². The highest BCUT2D eigenvalue weighted by atomic mass is 35.5. The van der Waals surface area contributed by atoms with Crippen LogP contribution in [0.1, 0.15) is 43.0 Å². The van der Waals surface area contributed by atoms with E-state index in [1.54, 1.807) is 24.3 Å². The van der Waals surface area contributed by atoms with Crippen molar-refractivity contribution in [1.82, 2.24) is 10.2 Å². The van der Waals surface area contributed by atoms with Crippen molar-refractivity contribution in [2.75, 3.05) is 19.6 Å². The van der Waals surface area contributed by atoms with Gasteiger partial charge in [0.25, 0.3) is 5.91 Å². The van der Waals surface area contributed by atoms with E-state index in [1.165, 1.54) is 0 Å². The molecule has 2 rings (SSSR count). The number of rotatable bonds is 5. The van der Waals surface area contributed by atoms with Crippen molar-refractivity contribution >= 4 is 23.4 Å². The molecule has 4 nitrogen and oxygen atoms in total. The highest BCUT2D eigenvalue weighted by molar-refractivity contribution is 6.30. The van der Waals surface area contributed by atoms with Gasteiger partial charge < -0.3 is 10.2 Å². The monoisotopic (exact) mass is 322 g/mol. The van der Waals surface area contributed by atoms with Gasteiger partial charge in [0, 0.05) is 36.6 Å². The molecule has 0 aliphatic carbocycles. The lowest BCUT2D eigenvalue weighted by Crippen LogP contribution is -2.43. The predicted octanol–water partition coefficient (Wildman–Crippen LogP) is 3.11. The van der Waals surface area contributed by atoms with Gasteiger partial charge >= 0.3 is 0 Å². The Morgan fingerprint density at radius 2 is 2.05 bits per heavy atom. The van der Waals surface area contributed by atoms with Gasteiger partial charge in [0.2, 0.25) is 5.91 Å². The van der Waals surface area contributed by atoms with E-state index in [2.05, 4.69) is 5.32 Å². The van der Waals surface area contributed by atoms with Gasteiger partial charge in [-0.2, -0.15) is 0 Å². The van der Waals surface area contributed by atoms with E-state index in [1.807, 2.05) is 11.8 Å². The molecular weight excluding hydrogens is 300 g/mol. The van der Waals surface area contributed by atoms with E-state index < -0.39 is 0 Å². The molecule has 22 heavy (non-hydrogen) atoms. The Bertz CT molecular complexity index is 516. The number of carbonyl (C=O) groups is 2. The number of nitrogens with zero attached hydrogens (tertiary/aromatic N) is 1. The number of benzene rings is 1. The Balaban J connectivity index is 1.88. The molecule has 1 aromatic rings. The van der Waals surface area contributed by atoms with Crippen LogP contribution in [-0.2, 0) is 4.79 Å². The SMILES string of the molecule is CCCC(=O)NCC1CCCN(C(=O)c2ccc(Cl)cc2)C1. The third kappa shape index (κ3) is 4.73. The van der Waals surface area contributed by atoms with Crippen LogP contribution in [0.2, 0.25) is 5.02 Å². The molecule has 1 saturated heterocycles. The molecule has 0 spiro atoms. The van der Waals surface area contributed by atoms with Gasteiger partial charge in [0.05, 0.1) is 0 Å². The molecule has 2 amide bonds. The molecule has 5 heteroatoms. The number of piperidine rings is 1. The zero-order valence-corrected chi connectivity index (χ0v) is 13.7. The Hall–Kier alpha value is -1.55. The van der Waals surface area contributed by atoms with E-state index in [0.717, 1.165) is 25.8 Å². The lowest BCUT2D eigenvalue weighted by atomic mass is 9.97. The molecule has 0 bridgehead atoms. The topological polar surface area (TPSA) is 49.4 Å². The lowest BCUT2D eigenvalue weighted by molar-refractivity contribution is -0.121. The molecule has 1 aliphatic rings. The zero-order valence-electron chi connectivity index (χ0n) is 13.0. The average molecular weight is 323 g/mol. The number of hydrogen-bond donors (Lipinski definition) is 1. The fourth-order valence-corrected chi connectivity index (χ4v) is 2.89. The normalized spacial score (nSPS) is 18.1. The van der Waals surface area contributed by atoms with Crippen LogP contribution in [0.3, 0.4) is 0 Å². The Morgan fingerprint density at radius 3 is 2.73 bits per heavy atom. The highest BCUT2D eigenvalue weighted by Crippen LogP contribution is 2.19. The largest absolute Gasteiger partial charge is 0.356 e. The van der Waals surface area contributed by atoms with Gasteiger partial charge in [-0.15, -0.1) is 0 Å². The Morgan fingerprint density at radius 1 is 1.32 bits per heavy atom. The van der Waals surface area contributed by atoms with E-state index in [4.69, 9.17) is 11.6 Å². The maximum atomic E-state index is 12.5. The first-order valence-corrected chi connectivity index (χ1v) is 8.29. The van der Waals surface area contributed by atoms with Crippen LogP contribution in [0, 0.1) is 5.92 Å². The van der Waals surface area contributed by atoms with Crippen molar-refractivity contribution in [2.24, 2.45) is 5.92 Å². The summed E-state index contributed by atoms with van der Waals surface area (Å²) >= 11 is 5.86. The number of halogens is 1. The third-order valence-corrected chi connectivity index (χ3v) is 4.21. The minimum Gasteiger partial charge on any atom is -0.356 e. The molecule has 0 radical (unpaired) electrons. The van der Waals surface area contributed by atoms with Gasteiger partial charge in [-0.1, -0.05) is 18.5 Å². The van der Waals surface area contributed by atoms with Crippen LogP contribution in [0.5, 0.6) is 0 Å². The lowest BCUT2D eigenvalue weighted by Gasteiger charge is -2.33. The summed E-state index contributed by atoms with van der Waals surface area (Å²) in [5.41, 5.74) is 0.667. The maximum Gasteiger partial charge on any atom is 0.253 e. The number of carbonyl (C=O) groups excluding carboxylic acids is 2. The average Bonchev–Trinajstić information content (AvgIpc) is 2.53. The first-order chi connectivity index (χ1) is 10.6.